The van der Waals surface area contributed by atoms with Crippen LogP contribution in [0.15, 0.2) is 48.5 Å². The molecule has 1 atom stereocenters. The second-order valence-corrected chi connectivity index (χ2v) is 5.37. The van der Waals surface area contributed by atoms with E-state index in [1.165, 1.54) is 50.6 Å². The van der Waals surface area contributed by atoms with E-state index in [4.69, 9.17) is 28.5 Å². The second kappa shape index (κ2) is 12.3. The Morgan fingerprint density at radius 2 is 1.23 bits per heavy atom. The fraction of sp³-hybridized carbons (Fsp3) is 0.200. The van der Waals surface area contributed by atoms with E-state index in [0.29, 0.717) is 11.5 Å². The molecule has 1 N–H and O–H groups in total. The average molecular weight is 418 g/mol. The molecule has 0 fully saturated rings. The van der Waals surface area contributed by atoms with Crippen LogP contribution in [0.25, 0.3) is 0 Å². The van der Waals surface area contributed by atoms with Crippen LogP contribution in [0.4, 0.5) is 0 Å². The van der Waals surface area contributed by atoms with Gasteiger partial charge in [-0.05, 0) is 48.5 Å². The number of hydrogen-bond donors (Lipinski definition) is 1. The number of hydrogen-bond acceptors (Lipinski definition) is 9. The number of methoxy groups -OCH3 is 2. The first-order chi connectivity index (χ1) is 14.4. The van der Waals surface area contributed by atoms with Gasteiger partial charge in [-0.1, -0.05) is 0 Å². The van der Waals surface area contributed by atoms with Gasteiger partial charge in [-0.3, -0.25) is 0 Å². The van der Waals surface area contributed by atoms with Crippen molar-refractivity contribution in [2.45, 2.75) is 6.10 Å². The van der Waals surface area contributed by atoms with E-state index in [-0.39, 0.29) is 17.3 Å². The Morgan fingerprint density at radius 3 is 1.60 bits per heavy atom. The minimum Gasteiger partial charge on any atom is -0.497 e. The van der Waals surface area contributed by atoms with Crippen LogP contribution >= 0.6 is 0 Å². The van der Waals surface area contributed by atoms with Crippen LogP contribution in [-0.2, 0) is 23.9 Å². The molecule has 0 saturated carbocycles. The highest BCUT2D eigenvalue weighted by Crippen LogP contribution is 2.14. The summed E-state index contributed by atoms with van der Waals surface area (Å²) in [5, 5.41) is 9.20. The van der Waals surface area contributed by atoms with Gasteiger partial charge >= 0.3 is 24.1 Å². The predicted octanol–water partition coefficient (Wildman–Crippen LogP) is 1.59. The van der Waals surface area contributed by atoms with Crippen molar-refractivity contribution in [1.29, 1.82) is 0 Å². The highest BCUT2D eigenvalue weighted by Gasteiger charge is 2.25. The van der Waals surface area contributed by atoms with E-state index in [0.717, 1.165) is 0 Å². The maximum atomic E-state index is 12.1. The second-order valence-electron chi connectivity index (χ2n) is 5.37. The molecule has 0 unspecified atom stereocenters. The molecule has 0 aliphatic rings. The first-order valence-electron chi connectivity index (χ1n) is 8.24. The number of carbonyl (C=O) groups excluding carboxylic acids is 4. The predicted molar refractivity (Wildman–Crippen MR) is 98.1 cm³/mol. The Balaban J connectivity index is 0.00000141. The minimum absolute atomic E-state index is 0.142. The Morgan fingerprint density at radius 1 is 0.833 bits per heavy atom. The van der Waals surface area contributed by atoms with E-state index < -0.39 is 30.6 Å². The topological polar surface area (TPSA) is 142 Å². The zero-order valence-electron chi connectivity index (χ0n) is 16.0. The molecule has 0 saturated heterocycles. The summed E-state index contributed by atoms with van der Waals surface area (Å²) in [6.07, 6.45) is -1.39. The van der Waals surface area contributed by atoms with Gasteiger partial charge in [-0.25, -0.2) is 14.4 Å². The van der Waals surface area contributed by atoms with E-state index in [2.05, 4.69) is 0 Å². The summed E-state index contributed by atoms with van der Waals surface area (Å²) in [6.45, 7) is -0.623. The molecule has 2 aromatic carbocycles. The minimum atomic E-state index is -1.64. The fourth-order valence-corrected chi connectivity index (χ4v) is 2.04. The summed E-state index contributed by atoms with van der Waals surface area (Å²) >= 11 is 0. The molecule has 10 nitrogen and oxygen atoms in total. The molecular weight excluding hydrogens is 400 g/mol. The Hall–Kier alpha value is -4.17. The lowest BCUT2D eigenvalue weighted by Crippen LogP contribution is -2.32. The molecule has 2 rings (SSSR count). The van der Waals surface area contributed by atoms with Gasteiger partial charge in [0.15, 0.2) is 0 Å². The van der Waals surface area contributed by atoms with Crippen LogP contribution < -0.4 is 9.47 Å². The van der Waals surface area contributed by atoms with E-state index in [1.807, 2.05) is 0 Å². The summed E-state index contributed by atoms with van der Waals surface area (Å²) in [7, 11) is 2.97. The first kappa shape index (κ1) is 23.9. The van der Waals surface area contributed by atoms with Crippen molar-refractivity contribution >= 4 is 24.1 Å². The quantitative estimate of drug-likeness (QED) is 0.628. The van der Waals surface area contributed by atoms with Crippen molar-refractivity contribution < 1.29 is 48.0 Å². The number of benzene rings is 2. The third-order valence-corrected chi connectivity index (χ3v) is 3.54. The highest BCUT2D eigenvalue weighted by atomic mass is 16.6. The van der Waals surface area contributed by atoms with Crippen LogP contribution in [0.5, 0.6) is 11.5 Å². The number of ether oxygens (including phenoxy) is 4. The number of carbonyl (C=O) groups is 3. The standard InChI is InChI=1S/C19H18O8.CO2/c1-24-14-7-3-12(4-8-14)18(22)26-11-16(17(20)21)27-19(23)13-5-9-15(25-2)10-6-13;2-1-3/h3-10,16H,11H2,1-2H3,(H,20,21);/t16-;/m0./s1. The van der Waals surface area contributed by atoms with Crippen LogP contribution in [0.3, 0.4) is 0 Å². The summed E-state index contributed by atoms with van der Waals surface area (Å²) < 4.78 is 19.8. The number of aliphatic carboxylic acids is 1. The summed E-state index contributed by atoms with van der Waals surface area (Å²) in [4.78, 5) is 51.6. The zero-order chi connectivity index (χ0) is 22.5. The summed E-state index contributed by atoms with van der Waals surface area (Å²) in [5.74, 6) is -1.94. The highest BCUT2D eigenvalue weighted by molar-refractivity contribution is 5.92. The lowest BCUT2D eigenvalue weighted by molar-refractivity contribution is -0.191. The van der Waals surface area contributed by atoms with Crippen LogP contribution in [0, 0.1) is 0 Å². The third kappa shape index (κ3) is 7.45. The molecular formula is C20H18O10. The molecule has 0 aromatic heterocycles. The molecule has 0 radical (unpaired) electrons. The van der Waals surface area contributed by atoms with Gasteiger partial charge in [0.25, 0.3) is 0 Å². The van der Waals surface area contributed by atoms with E-state index in [1.54, 1.807) is 12.1 Å². The molecule has 0 aliphatic carbocycles. The van der Waals surface area contributed by atoms with Crippen LogP contribution in [-0.4, -0.2) is 56.1 Å². The van der Waals surface area contributed by atoms with Gasteiger partial charge in [0.05, 0.1) is 25.3 Å². The SMILES string of the molecule is COc1ccc(C(=O)OC[C@H](OC(=O)c2ccc(OC)cc2)C(=O)O)cc1.O=C=O. The lowest BCUT2D eigenvalue weighted by atomic mass is 10.2. The number of carboxylic acids is 1. The van der Waals surface area contributed by atoms with Crippen molar-refractivity contribution in [3.63, 3.8) is 0 Å². The Labute approximate surface area is 170 Å². The first-order valence-corrected chi connectivity index (χ1v) is 8.24. The molecule has 0 bridgehead atoms. The van der Waals surface area contributed by atoms with Crippen molar-refractivity contribution in [1.82, 2.24) is 0 Å². The molecule has 0 aliphatic heterocycles. The van der Waals surface area contributed by atoms with Crippen LogP contribution in [0.1, 0.15) is 20.7 Å². The van der Waals surface area contributed by atoms with Gasteiger partial charge in [0, 0.05) is 0 Å². The van der Waals surface area contributed by atoms with Crippen LogP contribution in [0.2, 0.25) is 0 Å². The number of esters is 2. The van der Waals surface area contributed by atoms with Gasteiger partial charge in [-0.2, -0.15) is 9.59 Å². The normalized spacial score (nSPS) is 10.3. The lowest BCUT2D eigenvalue weighted by Gasteiger charge is -2.14. The van der Waals surface area contributed by atoms with Gasteiger partial charge in [0.1, 0.15) is 18.1 Å². The fourth-order valence-electron chi connectivity index (χ4n) is 2.04. The number of carboxylic acid groups (broad SMARTS) is 1. The molecule has 158 valence electrons. The van der Waals surface area contributed by atoms with Crippen molar-refractivity contribution in [2.75, 3.05) is 20.8 Å². The van der Waals surface area contributed by atoms with E-state index in [9.17, 15) is 19.5 Å². The van der Waals surface area contributed by atoms with Crippen molar-refractivity contribution in [3.05, 3.63) is 59.7 Å². The zero-order valence-corrected chi connectivity index (χ0v) is 16.0. The van der Waals surface area contributed by atoms with Gasteiger partial charge in [-0.15, -0.1) is 0 Å². The van der Waals surface area contributed by atoms with E-state index >= 15 is 0 Å². The Kier molecular flexibility index (Phi) is 9.80. The molecule has 0 spiro atoms. The summed E-state index contributed by atoms with van der Waals surface area (Å²) in [6, 6.07) is 12.0. The van der Waals surface area contributed by atoms with Crippen molar-refractivity contribution in [2.24, 2.45) is 0 Å². The smallest absolute Gasteiger partial charge is 0.373 e. The maximum absolute atomic E-state index is 12.1. The summed E-state index contributed by atoms with van der Waals surface area (Å²) in [5.41, 5.74) is 0.352. The van der Waals surface area contributed by atoms with Crippen molar-refractivity contribution in [3.8, 4) is 11.5 Å². The molecule has 2 aromatic rings. The number of rotatable bonds is 8. The molecule has 0 heterocycles. The van der Waals surface area contributed by atoms with Gasteiger partial charge in [0.2, 0.25) is 6.10 Å². The third-order valence-electron chi connectivity index (χ3n) is 3.54. The maximum Gasteiger partial charge on any atom is 0.373 e. The average Bonchev–Trinajstić information content (AvgIpc) is 2.76. The molecule has 10 heteroatoms. The Bertz CT molecular complexity index is 881. The largest absolute Gasteiger partial charge is 0.497 e. The van der Waals surface area contributed by atoms with Gasteiger partial charge < -0.3 is 24.1 Å². The monoisotopic (exact) mass is 418 g/mol. The molecule has 0 amide bonds. The molecule has 30 heavy (non-hydrogen) atoms.